The Bertz CT molecular complexity index is 1120. The van der Waals surface area contributed by atoms with Gasteiger partial charge in [-0.3, -0.25) is 14.9 Å². The molecule has 9 nitrogen and oxygen atoms in total. The number of amides is 2. The third kappa shape index (κ3) is 5.21. The standard InChI is InChI=1S/C22H22N4O5/c1-13-10-14(11-18(29-2)19(13)30-3)20(27)26-22(23)25-16-7-4-6-15(12-16)24-21(28)17-8-5-9-31-17/h4-12H,1-3H3,(H,24,28)(H3,23,25,26,27). The first kappa shape index (κ1) is 21.4. The molecule has 0 spiro atoms. The molecule has 9 heteroatoms. The Morgan fingerprint density at radius 2 is 1.84 bits per heavy atom. The Morgan fingerprint density at radius 1 is 1.03 bits per heavy atom. The van der Waals surface area contributed by atoms with E-state index in [0.29, 0.717) is 28.4 Å². The van der Waals surface area contributed by atoms with E-state index in [-0.39, 0.29) is 11.7 Å². The van der Waals surface area contributed by atoms with Crippen LogP contribution in [0.2, 0.25) is 0 Å². The molecule has 31 heavy (non-hydrogen) atoms. The molecule has 0 bridgehead atoms. The lowest BCUT2D eigenvalue weighted by atomic mass is 10.1. The zero-order chi connectivity index (χ0) is 22.4. The van der Waals surface area contributed by atoms with Crippen molar-refractivity contribution in [3.63, 3.8) is 0 Å². The number of aliphatic imine (C=N–C) groups is 1. The monoisotopic (exact) mass is 422 g/mol. The predicted molar refractivity (Wildman–Crippen MR) is 116 cm³/mol. The van der Waals surface area contributed by atoms with Gasteiger partial charge < -0.3 is 24.9 Å². The highest BCUT2D eigenvalue weighted by molar-refractivity contribution is 6.06. The number of guanidine groups is 1. The molecule has 0 fully saturated rings. The number of nitrogens with two attached hydrogens (primary N) is 1. The zero-order valence-corrected chi connectivity index (χ0v) is 17.3. The topological polar surface area (TPSA) is 128 Å². The Hall–Kier alpha value is -4.27. The van der Waals surface area contributed by atoms with Crippen LogP contribution in [0.5, 0.6) is 11.5 Å². The smallest absolute Gasteiger partial charge is 0.291 e. The molecule has 0 saturated carbocycles. The lowest BCUT2D eigenvalue weighted by Gasteiger charge is -2.13. The fraction of sp³-hybridized carbons (Fsp3) is 0.136. The minimum atomic E-state index is -0.451. The fourth-order valence-electron chi connectivity index (χ4n) is 2.90. The summed E-state index contributed by atoms with van der Waals surface area (Å²) < 4.78 is 15.6. The maximum atomic E-state index is 12.6. The van der Waals surface area contributed by atoms with Crippen molar-refractivity contribution < 1.29 is 23.5 Å². The molecular weight excluding hydrogens is 400 g/mol. The minimum absolute atomic E-state index is 0.105. The van der Waals surface area contributed by atoms with Crippen LogP contribution in [0.25, 0.3) is 0 Å². The van der Waals surface area contributed by atoms with Crippen LogP contribution >= 0.6 is 0 Å². The Balaban J connectivity index is 1.72. The molecule has 160 valence electrons. The fourth-order valence-corrected chi connectivity index (χ4v) is 2.90. The maximum absolute atomic E-state index is 12.6. The number of methoxy groups -OCH3 is 2. The minimum Gasteiger partial charge on any atom is -0.493 e. The number of hydrogen-bond donors (Lipinski definition) is 3. The van der Waals surface area contributed by atoms with Crippen molar-refractivity contribution in [3.05, 3.63) is 71.7 Å². The van der Waals surface area contributed by atoms with Crippen molar-refractivity contribution in [3.8, 4) is 11.5 Å². The lowest BCUT2D eigenvalue weighted by molar-refractivity contribution is 0.0973. The summed E-state index contributed by atoms with van der Waals surface area (Å²) in [7, 11) is 3.02. The van der Waals surface area contributed by atoms with E-state index in [4.69, 9.17) is 19.6 Å². The van der Waals surface area contributed by atoms with Crippen LogP contribution in [-0.4, -0.2) is 32.0 Å². The van der Waals surface area contributed by atoms with Crippen LogP contribution < -0.4 is 25.8 Å². The number of aryl methyl sites for hydroxylation is 1. The zero-order valence-electron chi connectivity index (χ0n) is 17.3. The van der Waals surface area contributed by atoms with Crippen molar-refractivity contribution in [1.29, 1.82) is 0 Å². The lowest BCUT2D eigenvalue weighted by Crippen LogP contribution is -2.36. The van der Waals surface area contributed by atoms with Crippen molar-refractivity contribution in [2.75, 3.05) is 19.5 Å². The van der Waals surface area contributed by atoms with E-state index in [1.54, 1.807) is 55.5 Å². The summed E-state index contributed by atoms with van der Waals surface area (Å²) in [5.41, 5.74) is 7.92. The van der Waals surface area contributed by atoms with Gasteiger partial charge in [0, 0.05) is 11.3 Å². The van der Waals surface area contributed by atoms with E-state index in [9.17, 15) is 9.59 Å². The van der Waals surface area contributed by atoms with Gasteiger partial charge in [-0.25, -0.2) is 4.99 Å². The van der Waals surface area contributed by atoms with Crippen LogP contribution in [0.1, 0.15) is 26.5 Å². The average molecular weight is 422 g/mol. The SMILES string of the molecule is COc1cc(C(=O)NC(N)=Nc2cccc(NC(=O)c3ccco3)c2)cc(C)c1OC. The second kappa shape index (κ2) is 9.49. The van der Waals surface area contributed by atoms with Gasteiger partial charge in [0.05, 0.1) is 26.2 Å². The number of benzene rings is 2. The largest absolute Gasteiger partial charge is 0.493 e. The molecule has 0 aliphatic rings. The molecule has 4 N–H and O–H groups in total. The second-order valence-electron chi connectivity index (χ2n) is 6.46. The molecule has 3 aromatic rings. The van der Waals surface area contributed by atoms with Crippen LogP contribution in [0.3, 0.4) is 0 Å². The van der Waals surface area contributed by atoms with Gasteiger partial charge in [0.15, 0.2) is 17.3 Å². The number of hydrogen-bond acceptors (Lipinski definition) is 6. The van der Waals surface area contributed by atoms with Crippen molar-refractivity contribution in [2.24, 2.45) is 10.7 Å². The van der Waals surface area contributed by atoms with Gasteiger partial charge in [0.25, 0.3) is 11.8 Å². The molecule has 0 atom stereocenters. The number of ether oxygens (including phenoxy) is 2. The van der Waals surface area contributed by atoms with Crippen LogP contribution in [-0.2, 0) is 0 Å². The van der Waals surface area contributed by atoms with E-state index in [0.717, 1.165) is 5.56 Å². The van der Waals surface area contributed by atoms with Gasteiger partial charge in [-0.1, -0.05) is 6.07 Å². The van der Waals surface area contributed by atoms with Gasteiger partial charge in [-0.05, 0) is 55.0 Å². The number of nitrogens with one attached hydrogen (secondary N) is 2. The Kier molecular flexibility index (Phi) is 6.56. The van der Waals surface area contributed by atoms with Gasteiger partial charge in [-0.15, -0.1) is 0 Å². The molecule has 2 aromatic carbocycles. The summed E-state index contributed by atoms with van der Waals surface area (Å²) in [6.07, 6.45) is 1.42. The van der Waals surface area contributed by atoms with E-state index >= 15 is 0 Å². The highest BCUT2D eigenvalue weighted by Gasteiger charge is 2.15. The highest BCUT2D eigenvalue weighted by atomic mass is 16.5. The first-order valence-corrected chi connectivity index (χ1v) is 9.24. The number of carbonyl (C=O) groups excluding carboxylic acids is 2. The number of nitrogens with zero attached hydrogens (tertiary/aromatic N) is 1. The summed E-state index contributed by atoms with van der Waals surface area (Å²) in [5.74, 6) is 0.221. The second-order valence-corrected chi connectivity index (χ2v) is 6.46. The molecule has 0 radical (unpaired) electrons. The first-order chi connectivity index (χ1) is 14.9. The van der Waals surface area contributed by atoms with Crippen LogP contribution in [0, 0.1) is 6.92 Å². The Labute approximate surface area is 178 Å². The van der Waals surface area contributed by atoms with Gasteiger partial charge >= 0.3 is 0 Å². The number of furan rings is 1. The number of carbonyl (C=O) groups is 2. The van der Waals surface area contributed by atoms with Gasteiger partial charge in [-0.2, -0.15) is 0 Å². The van der Waals surface area contributed by atoms with E-state index < -0.39 is 11.8 Å². The molecule has 2 amide bonds. The molecular formula is C22H22N4O5. The number of anilines is 1. The molecule has 3 rings (SSSR count). The van der Waals surface area contributed by atoms with Crippen LogP contribution in [0.15, 0.2) is 64.2 Å². The molecule has 0 aliphatic heterocycles. The predicted octanol–water partition coefficient (Wildman–Crippen LogP) is 3.23. The highest BCUT2D eigenvalue weighted by Crippen LogP contribution is 2.31. The first-order valence-electron chi connectivity index (χ1n) is 9.24. The van der Waals surface area contributed by atoms with Crippen LogP contribution in [0.4, 0.5) is 11.4 Å². The average Bonchev–Trinajstić information content (AvgIpc) is 3.28. The molecule has 1 aromatic heterocycles. The summed E-state index contributed by atoms with van der Waals surface area (Å²) >= 11 is 0. The molecule has 1 heterocycles. The quantitative estimate of drug-likeness (QED) is 0.413. The van der Waals surface area contributed by atoms with Crippen molar-refractivity contribution >= 4 is 29.1 Å². The van der Waals surface area contributed by atoms with Crippen molar-refractivity contribution in [1.82, 2.24) is 5.32 Å². The molecule has 0 saturated heterocycles. The normalized spacial score (nSPS) is 11.0. The summed E-state index contributed by atoms with van der Waals surface area (Å²) in [6, 6.07) is 13.1. The van der Waals surface area contributed by atoms with Gasteiger partial charge in [0.1, 0.15) is 0 Å². The summed E-state index contributed by atoms with van der Waals surface area (Å²) in [5, 5.41) is 5.23. The van der Waals surface area contributed by atoms with Crippen molar-refractivity contribution in [2.45, 2.75) is 6.92 Å². The molecule has 0 aliphatic carbocycles. The number of rotatable bonds is 6. The summed E-state index contributed by atoms with van der Waals surface area (Å²) in [6.45, 7) is 1.80. The van der Waals surface area contributed by atoms with E-state index in [1.165, 1.54) is 20.5 Å². The van der Waals surface area contributed by atoms with E-state index in [2.05, 4.69) is 15.6 Å². The third-order valence-corrected chi connectivity index (χ3v) is 4.27. The summed E-state index contributed by atoms with van der Waals surface area (Å²) in [4.78, 5) is 28.9. The third-order valence-electron chi connectivity index (χ3n) is 4.27. The van der Waals surface area contributed by atoms with E-state index in [1.807, 2.05) is 0 Å². The van der Waals surface area contributed by atoms with Gasteiger partial charge in [0.2, 0.25) is 5.96 Å². The Morgan fingerprint density at radius 3 is 2.52 bits per heavy atom. The maximum Gasteiger partial charge on any atom is 0.291 e. The molecule has 0 unspecified atom stereocenters.